The number of nitrogens with zero attached hydrogens (tertiary/aromatic N) is 5. The molecule has 5 N–H and O–H groups in total. The monoisotopic (exact) mass is 635 g/mol. The van der Waals surface area contributed by atoms with Gasteiger partial charge >= 0.3 is 29.6 Å². The molecule has 3 aliphatic rings. The van der Waals surface area contributed by atoms with Gasteiger partial charge in [0.1, 0.15) is 0 Å². The van der Waals surface area contributed by atoms with Crippen molar-refractivity contribution in [2.75, 3.05) is 87.1 Å². The Kier molecular flexibility index (Phi) is 37.3. The normalized spacial score (nSPS) is 21.4. The Labute approximate surface area is 294 Å². The number of isothiocyanates is 1. The van der Waals surface area contributed by atoms with E-state index in [0.29, 0.717) is 24.0 Å². The molecular weight excluding hydrogens is 567 g/mol. The van der Waals surface area contributed by atoms with Crippen molar-refractivity contribution in [1.82, 2.24) is 36.0 Å². The van der Waals surface area contributed by atoms with E-state index < -0.39 is 0 Å². The molecule has 0 aromatic carbocycles. The average Bonchev–Trinajstić information content (AvgIpc) is 2.99. The van der Waals surface area contributed by atoms with Gasteiger partial charge in [-0.1, -0.05) is 68.2 Å². The standard InChI is InChI=1S/C11H23N3.C8H18N2.C7H16N2.C2H3NS.C2H6.CHN2.Na/c1-9(2)11-8-13(5)6-7-14(11)10(3)12-4;1-7(2)8-6-10(3)5-4-9-8;1-6(2)7-5-8-3-4-9-7;1-3-2-4;1-2;2-1-3;/h9,11-12H,3,6-8H2,1-2,4-5H3;7-9H,4-6H2,1-3H3;6-9H,3-5H2,1-2H3;1H3;1-2H3;2H;/q;;;;;-1;+1. The SMILES string of the molecule is C=C(NC)N1CCN(C)CC1C(C)C.CC.CC(C)C1CN(C)CCN1.CC(C)C1CNCCN1.CN=C=S.N#C[NH-].[Na+]. The number of hydrogen-bond acceptors (Lipinski definition) is 10. The molecule has 0 aromatic rings. The van der Waals surface area contributed by atoms with Crippen molar-refractivity contribution in [3.05, 3.63) is 18.1 Å². The molecule has 12 heteroatoms. The summed E-state index contributed by atoms with van der Waals surface area (Å²) in [6.07, 6.45) is 1.00. The van der Waals surface area contributed by atoms with E-state index >= 15 is 0 Å². The zero-order valence-corrected chi connectivity index (χ0v) is 33.0. The molecule has 0 bridgehead atoms. The zero-order valence-electron chi connectivity index (χ0n) is 30.2. The van der Waals surface area contributed by atoms with E-state index in [0.717, 1.165) is 69.7 Å². The van der Waals surface area contributed by atoms with Crippen molar-refractivity contribution >= 4 is 17.4 Å². The third kappa shape index (κ3) is 26.2. The van der Waals surface area contributed by atoms with Crippen molar-refractivity contribution in [2.45, 2.75) is 73.5 Å². The average molecular weight is 635 g/mol. The summed E-state index contributed by atoms with van der Waals surface area (Å²) in [6, 6.07) is 1.99. The van der Waals surface area contributed by atoms with Gasteiger partial charge in [-0.05, 0) is 44.1 Å². The van der Waals surface area contributed by atoms with Crippen LogP contribution in [-0.2, 0) is 0 Å². The summed E-state index contributed by atoms with van der Waals surface area (Å²) in [7, 11) is 7.91. The number of rotatable bonds is 5. The summed E-state index contributed by atoms with van der Waals surface area (Å²) < 4.78 is 0. The Morgan fingerprint density at radius 1 is 0.930 bits per heavy atom. The molecule has 3 rings (SSSR count). The molecule has 3 fully saturated rings. The molecule has 0 radical (unpaired) electrons. The van der Waals surface area contributed by atoms with Gasteiger partial charge in [-0.2, -0.15) is 0 Å². The molecule has 0 spiro atoms. The summed E-state index contributed by atoms with van der Waals surface area (Å²) in [6.45, 7) is 32.0. The quantitative estimate of drug-likeness (QED) is 0.152. The number of hydrogen-bond donors (Lipinski definition) is 4. The number of nitriles is 1. The van der Waals surface area contributed by atoms with Gasteiger partial charge in [0.05, 0.1) is 11.0 Å². The molecule has 3 unspecified atom stereocenters. The molecule has 3 saturated heterocycles. The van der Waals surface area contributed by atoms with Gasteiger partial charge in [0, 0.05) is 91.1 Å². The van der Waals surface area contributed by atoms with Crippen molar-refractivity contribution in [2.24, 2.45) is 22.7 Å². The first-order chi connectivity index (χ1) is 19.9. The van der Waals surface area contributed by atoms with E-state index in [9.17, 15) is 0 Å². The van der Waals surface area contributed by atoms with Crippen LogP contribution in [0.1, 0.15) is 55.4 Å². The second-order valence-corrected chi connectivity index (χ2v) is 11.6. The molecule has 3 atom stereocenters. The van der Waals surface area contributed by atoms with Crippen molar-refractivity contribution < 1.29 is 29.6 Å². The third-order valence-corrected chi connectivity index (χ3v) is 7.39. The minimum atomic E-state index is 0. The maximum atomic E-state index is 6.99. The van der Waals surface area contributed by atoms with Crippen LogP contribution in [0, 0.1) is 29.2 Å². The molecule has 3 aliphatic heterocycles. The summed E-state index contributed by atoms with van der Waals surface area (Å²) in [5, 5.41) is 22.6. The van der Waals surface area contributed by atoms with E-state index in [1.165, 1.54) is 13.1 Å². The summed E-state index contributed by atoms with van der Waals surface area (Å²) in [5.74, 6) is 3.25. The summed E-state index contributed by atoms with van der Waals surface area (Å²) in [4.78, 5) is 10.5. The van der Waals surface area contributed by atoms with Crippen LogP contribution in [0.3, 0.4) is 0 Å². The minimum Gasteiger partial charge on any atom is -0.494 e. The second kappa shape index (κ2) is 32.6. The van der Waals surface area contributed by atoms with E-state index in [4.69, 9.17) is 11.0 Å². The van der Waals surface area contributed by atoms with Crippen LogP contribution in [0.5, 0.6) is 0 Å². The van der Waals surface area contributed by atoms with Gasteiger partial charge in [-0.15, -0.1) is 0 Å². The van der Waals surface area contributed by atoms with Gasteiger partial charge in [0.2, 0.25) is 0 Å². The first kappa shape index (κ1) is 49.1. The van der Waals surface area contributed by atoms with E-state index in [1.807, 2.05) is 20.9 Å². The molecule has 43 heavy (non-hydrogen) atoms. The van der Waals surface area contributed by atoms with E-state index in [1.54, 1.807) is 7.05 Å². The molecule has 0 amide bonds. The molecule has 0 aromatic heterocycles. The largest absolute Gasteiger partial charge is 1.00 e. The van der Waals surface area contributed by atoms with Crippen LogP contribution >= 0.6 is 12.2 Å². The Morgan fingerprint density at radius 2 is 1.42 bits per heavy atom. The maximum Gasteiger partial charge on any atom is 1.00 e. The van der Waals surface area contributed by atoms with Crippen LogP contribution < -0.4 is 50.8 Å². The molecule has 3 heterocycles. The Bertz CT molecular complexity index is 720. The van der Waals surface area contributed by atoms with Gasteiger partial charge in [0.15, 0.2) is 0 Å². The summed E-state index contributed by atoms with van der Waals surface area (Å²) >= 11 is 4.14. The smallest absolute Gasteiger partial charge is 0.494 e. The fourth-order valence-corrected chi connectivity index (χ4v) is 4.53. The second-order valence-electron chi connectivity index (χ2n) is 11.5. The third-order valence-electron chi connectivity index (χ3n) is 7.21. The number of aliphatic imine (C=N–C) groups is 1. The Balaban J connectivity index is -0.000000234. The minimum absolute atomic E-state index is 0. The Hall–Kier alpha value is -0.770. The molecule has 0 saturated carbocycles. The van der Waals surface area contributed by atoms with Crippen LogP contribution in [0.2, 0.25) is 0 Å². The van der Waals surface area contributed by atoms with Gasteiger partial charge in [0.25, 0.3) is 0 Å². The molecule has 248 valence electrons. The van der Waals surface area contributed by atoms with E-state index in [2.05, 4.69) is 121 Å². The predicted molar refractivity (Wildman–Crippen MR) is 187 cm³/mol. The van der Waals surface area contributed by atoms with Crippen LogP contribution in [0.25, 0.3) is 5.73 Å². The van der Waals surface area contributed by atoms with Gasteiger partial charge in [-0.3, -0.25) is 0 Å². The number of nitrogens with one attached hydrogen (secondary N) is 5. The van der Waals surface area contributed by atoms with Crippen molar-refractivity contribution in [3.63, 3.8) is 0 Å². The fraction of sp³-hybridized carbons (Fsp3) is 0.871. The zero-order chi connectivity index (χ0) is 33.1. The maximum absolute atomic E-state index is 6.99. The summed E-state index contributed by atoms with van der Waals surface area (Å²) in [5.41, 5.74) is 5.51. The van der Waals surface area contributed by atoms with Gasteiger partial charge in [-0.25, -0.2) is 4.99 Å². The Morgan fingerprint density at radius 3 is 1.74 bits per heavy atom. The van der Waals surface area contributed by atoms with Crippen LogP contribution in [0.4, 0.5) is 0 Å². The fourth-order valence-electron chi connectivity index (χ4n) is 4.53. The van der Waals surface area contributed by atoms with Crippen molar-refractivity contribution in [3.8, 4) is 6.19 Å². The predicted octanol–water partition coefficient (Wildman–Crippen LogP) is 0.968. The van der Waals surface area contributed by atoms with E-state index in [-0.39, 0.29) is 29.6 Å². The first-order valence-corrected chi connectivity index (χ1v) is 16.0. The van der Waals surface area contributed by atoms with Crippen LogP contribution in [0.15, 0.2) is 17.4 Å². The van der Waals surface area contributed by atoms with Crippen LogP contribution in [-0.4, -0.2) is 125 Å². The first-order valence-electron chi connectivity index (χ1n) is 15.6. The molecule has 10 nitrogen and oxygen atoms in total. The molecular formula is C31H67N10NaS. The van der Waals surface area contributed by atoms with Gasteiger partial charge < -0.3 is 47.0 Å². The topological polar surface area (TPSA) is 118 Å². The number of thiocarbonyl (C=S) groups is 1. The number of likely N-dealkylation sites (N-methyl/N-ethyl adjacent to an activating group) is 2. The molecule has 0 aliphatic carbocycles. The number of piperazine rings is 3. The van der Waals surface area contributed by atoms with Crippen molar-refractivity contribution in [1.29, 1.82) is 5.26 Å².